The zero-order valence-electron chi connectivity index (χ0n) is 54.5. The van der Waals surface area contributed by atoms with Crippen LogP contribution in [0, 0.1) is 11.3 Å². The monoisotopic (exact) mass is 1250 g/mol. The fourth-order valence-electron chi connectivity index (χ4n) is 10.1. The van der Waals surface area contributed by atoms with Gasteiger partial charge in [0.05, 0.1) is 18.8 Å². The molecule has 12 nitrogen and oxygen atoms in total. The maximum atomic E-state index is 11.9. The Morgan fingerprint density at radius 1 is 0.419 bits per heavy atom. The van der Waals surface area contributed by atoms with Gasteiger partial charge in [0.1, 0.15) is 34.3 Å². The molecule has 0 aliphatic rings. The van der Waals surface area contributed by atoms with Crippen molar-refractivity contribution in [1.82, 2.24) is 0 Å². The number of carbonyl (C=O) groups excluding carboxylic acids is 3. The molecule has 0 spiro atoms. The molecule has 0 aliphatic carbocycles. The zero-order chi connectivity index (χ0) is 66.3. The smallest absolute Gasteiger partial charge is 0.346 e. The molecule has 0 unspecified atom stereocenters. The first-order valence-electron chi connectivity index (χ1n) is 32.1. The zero-order valence-corrected chi connectivity index (χ0v) is 54.5. The molecule has 8 rings (SSSR count). The minimum Gasteiger partial charge on any atom is -0.493 e. The number of hydrogen-bond donors (Lipinski definition) is 1. The third kappa shape index (κ3) is 24.5. The number of nitrogens with zero attached hydrogens (tertiary/aromatic N) is 3. The van der Waals surface area contributed by atoms with Crippen LogP contribution >= 0.6 is 0 Å². The average Bonchev–Trinajstić information content (AvgIpc) is 0.912. The summed E-state index contributed by atoms with van der Waals surface area (Å²) in [5.74, 6) is -0.476. The Labute approximate surface area is 550 Å². The summed E-state index contributed by atoms with van der Waals surface area (Å²) < 4.78 is 22.8. The van der Waals surface area contributed by atoms with E-state index in [9.17, 15) is 29.5 Å². The van der Waals surface area contributed by atoms with Crippen molar-refractivity contribution in [2.24, 2.45) is 0 Å². The fraction of sp³-hybridized carbons (Fsp3) is 0.272. The van der Waals surface area contributed by atoms with Crippen LogP contribution in [0.25, 0.3) is 30.4 Å². The first-order chi connectivity index (χ1) is 44.9. The molecule has 8 aromatic rings. The van der Waals surface area contributed by atoms with E-state index in [1.807, 2.05) is 157 Å². The molecule has 93 heavy (non-hydrogen) atoms. The van der Waals surface area contributed by atoms with Crippen LogP contribution in [0.4, 0.5) is 34.1 Å². The van der Waals surface area contributed by atoms with Gasteiger partial charge in [-0.25, -0.2) is 4.79 Å². The van der Waals surface area contributed by atoms with Gasteiger partial charge >= 0.3 is 17.9 Å². The van der Waals surface area contributed by atoms with E-state index < -0.39 is 17.2 Å². The Bertz CT molecular complexity index is 3670. The average molecular weight is 1250 g/mol. The molecule has 0 bridgehead atoms. The largest absolute Gasteiger partial charge is 0.493 e. The normalized spacial score (nSPS) is 11.5. The number of unbranched alkanes of at least 4 members (excludes halogenated alkanes) is 8. The highest BCUT2D eigenvalue weighted by Crippen LogP contribution is 2.36. The van der Waals surface area contributed by atoms with Crippen molar-refractivity contribution in [3.05, 3.63) is 245 Å². The number of benzene rings is 8. The number of carboxylic acids is 1. The second-order valence-corrected chi connectivity index (χ2v) is 24.5. The summed E-state index contributed by atoms with van der Waals surface area (Å²) in [6, 6.07) is 70.9. The molecule has 0 atom stereocenters. The predicted octanol–water partition coefficient (Wildman–Crippen LogP) is 20.6. The lowest BCUT2D eigenvalue weighted by molar-refractivity contribution is -0.156. The number of carboxylic acid groups (broad SMARTS) is 1. The number of aldehydes is 1. The topological polar surface area (TPSA) is 156 Å². The summed E-state index contributed by atoms with van der Waals surface area (Å²) in [7, 11) is 0. The van der Waals surface area contributed by atoms with Crippen molar-refractivity contribution < 1.29 is 43.2 Å². The summed E-state index contributed by atoms with van der Waals surface area (Å²) in [5, 5.41) is 18.7. The molecule has 0 aromatic heterocycles. The number of nitriles is 1. The molecule has 8 aromatic carbocycles. The molecule has 0 aliphatic heterocycles. The number of anilines is 6. The third-order valence-electron chi connectivity index (χ3n) is 14.6. The van der Waals surface area contributed by atoms with Gasteiger partial charge in [-0.3, -0.25) is 14.4 Å². The first kappa shape index (κ1) is 70.2. The van der Waals surface area contributed by atoms with E-state index in [4.69, 9.17) is 18.9 Å². The van der Waals surface area contributed by atoms with Gasteiger partial charge in [0.2, 0.25) is 0 Å². The number of hydrogen-bond acceptors (Lipinski definition) is 11. The molecule has 0 saturated heterocycles. The molecule has 0 saturated carbocycles. The third-order valence-corrected chi connectivity index (χ3v) is 14.6. The number of rotatable bonds is 31. The predicted molar refractivity (Wildman–Crippen MR) is 378 cm³/mol. The summed E-state index contributed by atoms with van der Waals surface area (Å²) in [4.78, 5) is 51.3. The van der Waals surface area contributed by atoms with Gasteiger partial charge in [-0.05, 0) is 187 Å². The van der Waals surface area contributed by atoms with Crippen molar-refractivity contribution in [3.8, 4) is 17.6 Å². The van der Waals surface area contributed by atoms with Crippen LogP contribution in [0.15, 0.2) is 212 Å². The second kappa shape index (κ2) is 36.6. The molecule has 1 N–H and O–H groups in total. The molecule has 0 amide bonds. The molecular weight excluding hydrogens is 1160 g/mol. The van der Waals surface area contributed by atoms with E-state index in [2.05, 4.69) is 113 Å². The lowest BCUT2D eigenvalue weighted by Gasteiger charge is -2.25. The molecular formula is C81H87N3O9. The van der Waals surface area contributed by atoms with Gasteiger partial charge in [0.25, 0.3) is 0 Å². The summed E-state index contributed by atoms with van der Waals surface area (Å²) in [6.45, 7) is 12.2. The van der Waals surface area contributed by atoms with E-state index in [-0.39, 0.29) is 17.5 Å². The highest BCUT2D eigenvalue weighted by atomic mass is 16.6. The fourth-order valence-corrected chi connectivity index (χ4v) is 10.1. The van der Waals surface area contributed by atoms with Gasteiger partial charge in [0.15, 0.2) is 6.29 Å². The molecule has 12 heteroatoms. The van der Waals surface area contributed by atoms with Gasteiger partial charge in [-0.15, -0.1) is 0 Å². The van der Waals surface area contributed by atoms with Crippen LogP contribution < -0.4 is 19.3 Å². The summed E-state index contributed by atoms with van der Waals surface area (Å²) in [6.07, 6.45) is 20.3. The number of aliphatic carboxylic acids is 1. The summed E-state index contributed by atoms with van der Waals surface area (Å²) in [5.41, 5.74) is 10.2. The minimum atomic E-state index is -1.29. The van der Waals surface area contributed by atoms with Crippen LogP contribution in [-0.4, -0.2) is 53.7 Å². The van der Waals surface area contributed by atoms with E-state index >= 15 is 0 Å². The summed E-state index contributed by atoms with van der Waals surface area (Å²) >= 11 is 0. The van der Waals surface area contributed by atoms with Crippen molar-refractivity contribution in [2.45, 2.75) is 130 Å². The maximum absolute atomic E-state index is 11.9. The Morgan fingerprint density at radius 2 is 0.731 bits per heavy atom. The van der Waals surface area contributed by atoms with Crippen LogP contribution in [-0.2, 0) is 23.9 Å². The number of para-hydroxylation sites is 4. The van der Waals surface area contributed by atoms with Crippen molar-refractivity contribution in [2.75, 3.05) is 23.0 Å². The van der Waals surface area contributed by atoms with Gasteiger partial charge < -0.3 is 33.9 Å². The number of ether oxygens (including phenoxy) is 4. The van der Waals surface area contributed by atoms with Crippen LogP contribution in [0.1, 0.15) is 157 Å². The highest BCUT2D eigenvalue weighted by Gasteiger charge is 2.18. The van der Waals surface area contributed by atoms with Crippen molar-refractivity contribution in [1.29, 1.82) is 5.26 Å². The van der Waals surface area contributed by atoms with Gasteiger partial charge in [-0.1, -0.05) is 178 Å². The molecule has 0 fully saturated rings. The van der Waals surface area contributed by atoms with Crippen LogP contribution in [0.3, 0.4) is 0 Å². The van der Waals surface area contributed by atoms with E-state index in [1.54, 1.807) is 18.2 Å². The standard InChI is InChI=1S/C42H44N2O5.C39H43NO4/c1-42(2,3)49-40(45)19-13-5-4-6-14-28-48-39-29-33(22-25-34(39)30-35(31-43)41(46)47)21-20-32-23-26-38(27-24-32)44(36-15-9-7-10-16-36)37-17-11-8-12-18-37;1-39(2,3)44-38(42)19-13-5-4-6-14-28-43-37-29-32(22-25-33(37)30-41)21-20-31-23-26-36(27-24-31)40(34-15-9-7-10-16-34)35-17-11-8-12-18-35/h7-12,15-18,20-27,29-30H,4-6,13-14,19,28H2,1-3H3,(H,46,47);7-12,15-18,20-27,29-30H,4-6,13-14,19,28H2,1-3H3/b21-20+,35-30-;21-20+. The van der Waals surface area contributed by atoms with E-state index in [1.165, 1.54) is 6.08 Å². The molecule has 480 valence electrons. The van der Waals surface area contributed by atoms with E-state index in [0.29, 0.717) is 48.7 Å². The maximum Gasteiger partial charge on any atom is 0.346 e. The van der Waals surface area contributed by atoms with Crippen molar-refractivity contribution in [3.63, 3.8) is 0 Å². The Kier molecular flexibility index (Phi) is 27.6. The number of carbonyl (C=O) groups is 4. The van der Waals surface area contributed by atoms with E-state index in [0.717, 1.165) is 127 Å². The second-order valence-electron chi connectivity index (χ2n) is 24.5. The lowest BCUT2D eigenvalue weighted by atomic mass is 10.1. The van der Waals surface area contributed by atoms with Gasteiger partial charge in [-0.2, -0.15) is 5.26 Å². The minimum absolute atomic E-state index is 0.133. The first-order valence-corrected chi connectivity index (χ1v) is 32.1. The Hall–Kier alpha value is -10.3. The van der Waals surface area contributed by atoms with Gasteiger partial charge in [0, 0.05) is 52.5 Å². The van der Waals surface area contributed by atoms with Crippen LogP contribution in [0.5, 0.6) is 11.5 Å². The number of esters is 2. The lowest BCUT2D eigenvalue weighted by Crippen LogP contribution is -2.23. The SMILES string of the molecule is CC(C)(C)OC(=O)CCCCCCCOc1cc(/C=C/c2ccc(N(c3ccccc3)c3ccccc3)cc2)ccc1/C=C(/C#N)C(=O)O.CC(C)(C)OC(=O)CCCCCCCOc1cc(/C=C/c2ccc(N(c3ccccc3)c3ccccc3)cc2)ccc1C=O. The quantitative estimate of drug-likeness (QED) is 0.0110. The molecule has 0 heterocycles. The Balaban J connectivity index is 0.000000265. The van der Waals surface area contributed by atoms with Crippen molar-refractivity contribution >= 4 is 88.7 Å². The van der Waals surface area contributed by atoms with Crippen LogP contribution in [0.2, 0.25) is 0 Å². The highest BCUT2D eigenvalue weighted by molar-refractivity contribution is 5.97. The molecule has 0 radical (unpaired) electrons. The Morgan fingerprint density at radius 3 is 1.08 bits per heavy atom.